The Hall–Kier alpha value is -1.42. The maximum Gasteiger partial charge on any atom is 0.312 e. The van der Waals surface area contributed by atoms with Crippen molar-refractivity contribution in [2.45, 2.75) is 5.92 Å². The lowest BCUT2D eigenvalue weighted by Gasteiger charge is -2.14. The van der Waals surface area contributed by atoms with Gasteiger partial charge >= 0.3 is 5.92 Å². The molecule has 0 aromatic carbocycles. The van der Waals surface area contributed by atoms with Crippen LogP contribution in [0.25, 0.3) is 0 Å². The van der Waals surface area contributed by atoms with E-state index in [1.54, 1.807) is 6.20 Å². The van der Waals surface area contributed by atoms with Crippen LogP contribution in [-0.4, -0.2) is 28.7 Å². The quantitative estimate of drug-likeness (QED) is 0.732. The van der Waals surface area contributed by atoms with Crippen LogP contribution in [0.1, 0.15) is 5.69 Å². The van der Waals surface area contributed by atoms with Gasteiger partial charge in [-0.15, -0.1) is 0 Å². The van der Waals surface area contributed by atoms with Crippen LogP contribution in [0.5, 0.6) is 11.6 Å². The summed E-state index contributed by atoms with van der Waals surface area (Å²) in [6, 6.07) is 2.60. The second-order valence-corrected chi connectivity index (χ2v) is 4.96. The zero-order valence-corrected chi connectivity index (χ0v) is 12.5. The normalized spacial score (nSPS) is 11.4. The smallest absolute Gasteiger partial charge is 0.312 e. The maximum absolute atomic E-state index is 13.5. The van der Waals surface area contributed by atoms with Gasteiger partial charge in [-0.25, -0.2) is 9.97 Å². The summed E-state index contributed by atoms with van der Waals surface area (Å²) in [5.41, 5.74) is -0.371. The van der Waals surface area contributed by atoms with E-state index in [0.717, 1.165) is 0 Å². The topological polar surface area (TPSA) is 57.1 Å². The van der Waals surface area contributed by atoms with E-state index >= 15 is 0 Å². The van der Waals surface area contributed by atoms with Gasteiger partial charge in [-0.1, -0.05) is 0 Å². The maximum atomic E-state index is 13.5. The van der Waals surface area contributed by atoms with Gasteiger partial charge in [-0.3, -0.25) is 4.98 Å². The number of aromatic nitrogens is 3. The highest BCUT2D eigenvalue weighted by atomic mass is 127. The molecule has 0 amide bonds. The molecule has 0 radical (unpaired) electrons. The number of methoxy groups -OCH3 is 1. The third-order valence-electron chi connectivity index (χ3n) is 2.29. The molecule has 0 aliphatic rings. The van der Waals surface area contributed by atoms with Crippen molar-refractivity contribution in [3.8, 4) is 11.6 Å². The first-order valence-electron chi connectivity index (χ1n) is 5.49. The SMILES string of the molecule is COCC(F)(F)c1ccc(Oc2ncncc2I)cn1. The van der Waals surface area contributed by atoms with E-state index in [2.05, 4.69) is 19.7 Å². The Morgan fingerprint density at radius 3 is 2.65 bits per heavy atom. The van der Waals surface area contributed by atoms with Crippen LogP contribution >= 0.6 is 22.6 Å². The van der Waals surface area contributed by atoms with E-state index in [1.165, 1.54) is 31.8 Å². The molecule has 0 fully saturated rings. The van der Waals surface area contributed by atoms with Crippen molar-refractivity contribution >= 4 is 22.6 Å². The monoisotopic (exact) mass is 393 g/mol. The molecule has 5 nitrogen and oxygen atoms in total. The highest BCUT2D eigenvalue weighted by Crippen LogP contribution is 2.29. The van der Waals surface area contributed by atoms with Crippen LogP contribution < -0.4 is 4.74 Å². The summed E-state index contributed by atoms with van der Waals surface area (Å²) < 4.78 is 37.7. The van der Waals surface area contributed by atoms with Gasteiger partial charge in [0.05, 0.1) is 9.77 Å². The summed E-state index contributed by atoms with van der Waals surface area (Å²) in [5.74, 6) is -2.46. The van der Waals surface area contributed by atoms with E-state index in [-0.39, 0.29) is 5.69 Å². The first-order chi connectivity index (χ1) is 9.53. The van der Waals surface area contributed by atoms with E-state index in [1.807, 2.05) is 22.6 Å². The fourth-order valence-electron chi connectivity index (χ4n) is 1.40. The molecule has 0 atom stereocenters. The molecule has 0 aliphatic heterocycles. The average molecular weight is 393 g/mol. The average Bonchev–Trinajstić information content (AvgIpc) is 2.42. The Bertz CT molecular complexity index is 581. The van der Waals surface area contributed by atoms with Crippen molar-refractivity contribution in [2.24, 2.45) is 0 Å². The van der Waals surface area contributed by atoms with E-state index in [4.69, 9.17) is 4.74 Å². The highest BCUT2D eigenvalue weighted by molar-refractivity contribution is 14.1. The Kier molecular flexibility index (Phi) is 4.76. The Balaban J connectivity index is 2.15. The van der Waals surface area contributed by atoms with Gasteiger partial charge in [-0.05, 0) is 34.7 Å². The Morgan fingerprint density at radius 1 is 1.25 bits per heavy atom. The zero-order valence-electron chi connectivity index (χ0n) is 10.4. The molecule has 0 unspecified atom stereocenters. The third-order valence-corrected chi connectivity index (χ3v) is 3.03. The largest absolute Gasteiger partial charge is 0.436 e. The van der Waals surface area contributed by atoms with E-state index in [9.17, 15) is 8.78 Å². The van der Waals surface area contributed by atoms with Crippen molar-refractivity contribution in [1.29, 1.82) is 0 Å². The number of rotatable bonds is 5. The molecule has 2 heterocycles. The summed E-state index contributed by atoms with van der Waals surface area (Å²) >= 11 is 2.01. The third kappa shape index (κ3) is 3.57. The lowest BCUT2D eigenvalue weighted by atomic mass is 10.2. The van der Waals surface area contributed by atoms with Crippen LogP contribution in [0.2, 0.25) is 0 Å². The number of hydrogen-bond donors (Lipinski definition) is 0. The fourth-order valence-corrected chi connectivity index (χ4v) is 1.81. The summed E-state index contributed by atoms with van der Waals surface area (Å²) in [7, 11) is 1.21. The number of nitrogens with zero attached hydrogens (tertiary/aromatic N) is 3. The lowest BCUT2D eigenvalue weighted by Crippen LogP contribution is -2.21. The molecule has 0 aliphatic carbocycles. The van der Waals surface area contributed by atoms with Gasteiger partial charge in [0.1, 0.15) is 24.4 Å². The second kappa shape index (κ2) is 6.35. The summed E-state index contributed by atoms with van der Waals surface area (Å²) in [6.07, 6.45) is 4.14. The number of pyridine rings is 1. The van der Waals surface area contributed by atoms with Crippen LogP contribution in [0, 0.1) is 3.57 Å². The molecule has 0 saturated heterocycles. The van der Waals surface area contributed by atoms with Crippen LogP contribution in [-0.2, 0) is 10.7 Å². The molecular formula is C12H10F2IN3O2. The molecule has 20 heavy (non-hydrogen) atoms. The van der Waals surface area contributed by atoms with Gasteiger partial charge in [-0.2, -0.15) is 8.78 Å². The standard InChI is InChI=1S/C12H10F2IN3O2/c1-19-6-12(13,14)10-3-2-8(4-17-10)20-11-9(15)5-16-7-18-11/h2-5,7H,6H2,1H3. The summed E-state index contributed by atoms with van der Waals surface area (Å²) in [5, 5.41) is 0. The van der Waals surface area contributed by atoms with Gasteiger partial charge < -0.3 is 9.47 Å². The van der Waals surface area contributed by atoms with Crippen molar-refractivity contribution in [3.05, 3.63) is 40.1 Å². The lowest BCUT2D eigenvalue weighted by molar-refractivity contribution is -0.0731. The molecule has 8 heteroatoms. The molecule has 2 rings (SSSR count). The number of ether oxygens (including phenoxy) is 2. The molecule has 2 aromatic rings. The molecule has 2 aromatic heterocycles. The fraction of sp³-hybridized carbons (Fsp3) is 0.250. The predicted molar refractivity (Wildman–Crippen MR) is 74.8 cm³/mol. The van der Waals surface area contributed by atoms with Crippen molar-refractivity contribution < 1.29 is 18.3 Å². The molecular weight excluding hydrogens is 383 g/mol. The Morgan fingerprint density at radius 2 is 2.05 bits per heavy atom. The number of halogens is 3. The molecule has 0 spiro atoms. The summed E-state index contributed by atoms with van der Waals surface area (Å²) in [6.45, 7) is -0.718. The second-order valence-electron chi connectivity index (χ2n) is 3.79. The summed E-state index contributed by atoms with van der Waals surface area (Å²) in [4.78, 5) is 11.5. The Labute approximate surface area is 127 Å². The van der Waals surface area contributed by atoms with Crippen LogP contribution in [0.3, 0.4) is 0 Å². The van der Waals surface area contributed by atoms with E-state index < -0.39 is 12.5 Å². The van der Waals surface area contributed by atoms with Gasteiger partial charge in [0.15, 0.2) is 0 Å². The first kappa shape index (κ1) is 15.0. The highest BCUT2D eigenvalue weighted by Gasteiger charge is 2.33. The van der Waals surface area contributed by atoms with Crippen molar-refractivity contribution in [3.63, 3.8) is 0 Å². The molecule has 106 valence electrons. The van der Waals surface area contributed by atoms with Gasteiger partial charge in [0, 0.05) is 13.3 Å². The van der Waals surface area contributed by atoms with Crippen molar-refractivity contribution in [1.82, 2.24) is 15.0 Å². The van der Waals surface area contributed by atoms with Crippen LogP contribution in [0.15, 0.2) is 30.9 Å². The zero-order chi connectivity index (χ0) is 14.6. The first-order valence-corrected chi connectivity index (χ1v) is 6.57. The molecule has 0 bridgehead atoms. The van der Waals surface area contributed by atoms with Crippen molar-refractivity contribution in [2.75, 3.05) is 13.7 Å². The molecule has 0 saturated carbocycles. The minimum Gasteiger partial charge on any atom is -0.436 e. The minimum absolute atomic E-state index is 0.318. The number of hydrogen-bond acceptors (Lipinski definition) is 5. The molecule has 0 N–H and O–H groups in total. The van der Waals surface area contributed by atoms with Crippen LogP contribution in [0.4, 0.5) is 8.78 Å². The predicted octanol–water partition coefficient (Wildman–Crippen LogP) is 3.01. The van der Waals surface area contributed by atoms with Gasteiger partial charge in [0.2, 0.25) is 5.88 Å². The van der Waals surface area contributed by atoms with E-state index in [0.29, 0.717) is 15.2 Å². The van der Waals surface area contributed by atoms with Gasteiger partial charge in [0.25, 0.3) is 0 Å². The minimum atomic E-state index is -3.13. The number of alkyl halides is 2.